The highest BCUT2D eigenvalue weighted by atomic mass is 35.5. The van der Waals surface area contributed by atoms with Gasteiger partial charge in [-0.25, -0.2) is 4.39 Å². The van der Waals surface area contributed by atoms with Crippen LogP contribution in [0.3, 0.4) is 0 Å². The Labute approximate surface area is 321 Å². The average Bonchev–Trinajstić information content (AvgIpc) is 3.53. The molecule has 2 saturated heterocycles. The van der Waals surface area contributed by atoms with E-state index in [9.17, 15) is 41.8 Å². The third kappa shape index (κ3) is 5.81. The molecule has 56 heavy (non-hydrogen) atoms. The minimum Gasteiger partial charge on any atom is -0.508 e. The lowest BCUT2D eigenvalue weighted by Gasteiger charge is -2.50. The van der Waals surface area contributed by atoms with Gasteiger partial charge in [-0.15, -0.1) is 13.2 Å². The number of alkyl halides is 3. The molecule has 6 unspecified atom stereocenters. The normalized spacial score (nSPS) is 25.8. The molecule has 0 bridgehead atoms. The molecule has 4 aliphatic rings. The van der Waals surface area contributed by atoms with Crippen LogP contribution in [0.1, 0.15) is 47.2 Å². The second kappa shape index (κ2) is 13.3. The summed E-state index contributed by atoms with van der Waals surface area (Å²) in [7, 11) is 0. The molecule has 8 rings (SSSR count). The summed E-state index contributed by atoms with van der Waals surface area (Å²) >= 11 is 6.29. The largest absolute Gasteiger partial charge is 0.573 e. The zero-order chi connectivity index (χ0) is 39.8. The number of aromatic hydroxyl groups is 1. The Bertz CT molecular complexity index is 2350. The second-order valence-corrected chi connectivity index (χ2v) is 14.7. The van der Waals surface area contributed by atoms with Crippen molar-refractivity contribution < 1.29 is 51.4 Å². The van der Waals surface area contributed by atoms with E-state index >= 15 is 4.79 Å². The molecule has 2 aliphatic carbocycles. The second-order valence-electron chi connectivity index (χ2n) is 14.3. The molecule has 3 fully saturated rings. The summed E-state index contributed by atoms with van der Waals surface area (Å²) in [6.45, 7) is 1.38. The molecule has 0 radical (unpaired) electrons. The van der Waals surface area contributed by atoms with Gasteiger partial charge in [0.1, 0.15) is 17.3 Å². The summed E-state index contributed by atoms with van der Waals surface area (Å²) in [5, 5.41) is 12.6. The van der Waals surface area contributed by atoms with Crippen molar-refractivity contribution in [3.8, 4) is 11.5 Å². The summed E-state index contributed by atoms with van der Waals surface area (Å²) in [5.74, 6) is -10.4. The Balaban J connectivity index is 1.33. The zero-order valence-electron chi connectivity index (χ0n) is 29.2. The number of anilines is 2. The number of carbonyl (C=O) groups is 5. The lowest BCUT2D eigenvalue weighted by molar-refractivity contribution is -0.274. The van der Waals surface area contributed by atoms with E-state index in [1.165, 1.54) is 67.6 Å². The molecule has 2 aliphatic heterocycles. The number of phenols is 1. The van der Waals surface area contributed by atoms with E-state index in [4.69, 9.17) is 11.6 Å². The SMILES string of the molecule is CC(=O)c1ccc(N2C(=O)C3CC=C4C(CC5C(=O)N(Nc6ccc(F)cc6)C(=O)C5(c5ccc(Cl)cc5)C4c4cc(OC(F)(F)F)ccc4O)C3C2=O)cc1. The summed E-state index contributed by atoms with van der Waals surface area (Å²) < 4.78 is 58.9. The van der Waals surface area contributed by atoms with Crippen molar-refractivity contribution in [2.24, 2.45) is 23.7 Å². The Morgan fingerprint density at radius 3 is 2.21 bits per heavy atom. The van der Waals surface area contributed by atoms with Crippen LogP contribution >= 0.6 is 11.6 Å². The highest BCUT2D eigenvalue weighted by molar-refractivity contribution is 6.30. The third-order valence-electron chi connectivity index (χ3n) is 11.3. The number of allylic oxidation sites excluding steroid dienone is 2. The number of ketones is 1. The van der Waals surface area contributed by atoms with Crippen molar-refractivity contribution >= 4 is 52.4 Å². The first-order chi connectivity index (χ1) is 26.6. The average molecular weight is 788 g/mol. The number of hydrogen-bond donors (Lipinski definition) is 2. The predicted octanol–water partition coefficient (Wildman–Crippen LogP) is 7.48. The molecular weight excluding hydrogens is 758 g/mol. The van der Waals surface area contributed by atoms with E-state index < -0.39 is 82.3 Å². The van der Waals surface area contributed by atoms with Crippen LogP contribution in [0.2, 0.25) is 5.02 Å². The van der Waals surface area contributed by atoms with Crippen LogP contribution in [0.5, 0.6) is 11.5 Å². The van der Waals surface area contributed by atoms with Crippen molar-refractivity contribution in [3.05, 3.63) is 130 Å². The van der Waals surface area contributed by atoms with Crippen molar-refractivity contribution in [1.29, 1.82) is 0 Å². The predicted molar refractivity (Wildman–Crippen MR) is 193 cm³/mol. The number of halogens is 5. The molecule has 286 valence electrons. The van der Waals surface area contributed by atoms with Gasteiger partial charge in [0.2, 0.25) is 11.8 Å². The van der Waals surface area contributed by atoms with Crippen LogP contribution in [0.15, 0.2) is 103 Å². The standard InChI is InChI=1S/C41H30ClF4N3O7/c1-20(50)21-2-12-26(13-3-21)48-36(52)29-16-15-28-30(34(29)38(48)54)19-32-37(53)49(47-25-10-8-24(43)9-11-25)39(55)40(32,22-4-6-23(42)7-5-22)35(28)31-18-27(14-17-33(31)51)56-41(44,45)46/h2-15,17-18,29-30,32,34-35,47,51H,16,19H2,1H3. The van der Waals surface area contributed by atoms with Gasteiger partial charge in [-0.3, -0.25) is 34.3 Å². The Morgan fingerprint density at radius 2 is 1.57 bits per heavy atom. The molecule has 1 saturated carbocycles. The number of rotatable bonds is 7. The molecule has 15 heteroatoms. The molecule has 0 aromatic heterocycles. The van der Waals surface area contributed by atoms with Gasteiger partial charge >= 0.3 is 6.36 Å². The molecule has 10 nitrogen and oxygen atoms in total. The maximum Gasteiger partial charge on any atom is 0.573 e. The number of amides is 4. The third-order valence-corrected chi connectivity index (χ3v) is 11.6. The first kappa shape index (κ1) is 36.9. The monoisotopic (exact) mass is 787 g/mol. The number of fused-ring (bicyclic) bond motifs is 4. The molecule has 4 amide bonds. The van der Waals surface area contributed by atoms with Crippen molar-refractivity contribution in [2.45, 2.75) is 37.5 Å². The summed E-state index contributed by atoms with van der Waals surface area (Å²) in [4.78, 5) is 71.5. The minimum atomic E-state index is -5.13. The highest BCUT2D eigenvalue weighted by Gasteiger charge is 2.70. The van der Waals surface area contributed by atoms with E-state index in [2.05, 4.69) is 10.2 Å². The number of benzene rings is 4. The lowest BCUT2D eigenvalue weighted by atomic mass is 9.49. The Kier molecular flexibility index (Phi) is 8.79. The van der Waals surface area contributed by atoms with Crippen LogP contribution in [0.4, 0.5) is 28.9 Å². The van der Waals surface area contributed by atoms with Crippen molar-refractivity contribution in [3.63, 3.8) is 0 Å². The summed E-state index contributed by atoms with van der Waals surface area (Å²) in [5.41, 5.74) is 1.96. The lowest BCUT2D eigenvalue weighted by Crippen LogP contribution is -2.53. The molecule has 4 aromatic carbocycles. The highest BCUT2D eigenvalue weighted by Crippen LogP contribution is 2.65. The number of hydrazine groups is 1. The molecule has 2 heterocycles. The van der Waals surface area contributed by atoms with Crippen LogP contribution in [-0.4, -0.2) is 45.9 Å². The minimum absolute atomic E-state index is 0.0137. The molecule has 6 atom stereocenters. The van der Waals surface area contributed by atoms with Gasteiger partial charge in [0.25, 0.3) is 11.8 Å². The van der Waals surface area contributed by atoms with Gasteiger partial charge in [-0.2, -0.15) is 5.01 Å². The van der Waals surface area contributed by atoms with Crippen molar-refractivity contribution in [2.75, 3.05) is 10.3 Å². The van der Waals surface area contributed by atoms with Crippen molar-refractivity contribution in [1.82, 2.24) is 5.01 Å². The topological polar surface area (TPSA) is 133 Å². The maximum absolute atomic E-state index is 15.2. The van der Waals surface area contributed by atoms with Gasteiger partial charge in [0.15, 0.2) is 5.78 Å². The van der Waals surface area contributed by atoms with E-state index in [-0.39, 0.29) is 46.1 Å². The summed E-state index contributed by atoms with van der Waals surface area (Å²) in [6, 6.07) is 19.7. The number of carbonyl (C=O) groups excluding carboxylic acids is 5. The van der Waals surface area contributed by atoms with E-state index in [0.717, 1.165) is 40.2 Å². The van der Waals surface area contributed by atoms with Gasteiger partial charge in [-0.05, 0) is 110 Å². The Morgan fingerprint density at radius 1 is 0.893 bits per heavy atom. The fourth-order valence-corrected chi connectivity index (χ4v) is 9.19. The van der Waals surface area contributed by atoms with Gasteiger partial charge in [0, 0.05) is 22.1 Å². The molecular formula is C41H30ClF4N3O7. The number of phenolic OH excluding ortho intramolecular Hbond substituents is 1. The molecule has 0 spiro atoms. The number of nitrogens with one attached hydrogen (secondary N) is 1. The summed E-state index contributed by atoms with van der Waals surface area (Å²) in [6.07, 6.45) is -3.63. The number of nitrogens with zero attached hydrogens (tertiary/aromatic N) is 2. The van der Waals surface area contributed by atoms with E-state index in [0.29, 0.717) is 11.1 Å². The zero-order valence-corrected chi connectivity index (χ0v) is 30.0. The molecule has 4 aromatic rings. The van der Waals surface area contributed by atoms with E-state index in [1.807, 2.05) is 0 Å². The Hall–Kier alpha value is -6.02. The number of ether oxygens (including phenoxy) is 1. The van der Waals surface area contributed by atoms with Crippen LogP contribution in [-0.2, 0) is 24.6 Å². The quantitative estimate of drug-likeness (QED) is 0.0854. The maximum atomic E-state index is 15.2. The van der Waals surface area contributed by atoms with Gasteiger partial charge in [0.05, 0.1) is 34.5 Å². The first-order valence-electron chi connectivity index (χ1n) is 17.5. The van der Waals surface area contributed by atoms with Crippen LogP contribution in [0, 0.1) is 29.5 Å². The smallest absolute Gasteiger partial charge is 0.508 e. The number of imide groups is 2. The molecule has 2 N–H and O–H groups in total. The van der Waals surface area contributed by atoms with Gasteiger partial charge < -0.3 is 9.84 Å². The first-order valence-corrected chi connectivity index (χ1v) is 17.9. The van der Waals surface area contributed by atoms with Crippen LogP contribution in [0.25, 0.3) is 0 Å². The fraction of sp³-hybridized carbons (Fsp3) is 0.244. The number of Topliss-reactive ketones (excluding diaryl/α,β-unsaturated/α-hetero) is 1. The van der Waals surface area contributed by atoms with E-state index in [1.54, 1.807) is 6.08 Å². The van der Waals surface area contributed by atoms with Crippen LogP contribution < -0.4 is 15.1 Å². The van der Waals surface area contributed by atoms with Gasteiger partial charge in [-0.1, -0.05) is 35.4 Å². The fourth-order valence-electron chi connectivity index (χ4n) is 9.06. The number of hydrogen-bond acceptors (Lipinski definition) is 8.